The number of carbonyl (C=O) groups excluding carboxylic acids is 1. The van der Waals surface area contributed by atoms with Gasteiger partial charge in [0.15, 0.2) is 5.78 Å². The maximum atomic E-state index is 11.8. The van der Waals surface area contributed by atoms with Gasteiger partial charge in [-0.3, -0.25) is 14.9 Å². The van der Waals surface area contributed by atoms with Crippen molar-refractivity contribution < 1.29 is 9.72 Å². The van der Waals surface area contributed by atoms with Crippen LogP contribution in [-0.2, 0) is 4.79 Å². The van der Waals surface area contributed by atoms with Crippen molar-refractivity contribution in [1.82, 2.24) is 0 Å². The Morgan fingerprint density at radius 2 is 2.15 bits per heavy atom. The molecule has 1 saturated heterocycles. The smallest absolute Gasteiger partial charge is 0.288 e. The Hall–Kier alpha value is -1.62. The van der Waals surface area contributed by atoms with Gasteiger partial charge >= 0.3 is 0 Å². The lowest BCUT2D eigenvalue weighted by Gasteiger charge is -2.37. The molecule has 1 aromatic rings. The minimum atomic E-state index is -0.488. The number of carbonyl (C=O) groups is 1. The summed E-state index contributed by atoms with van der Waals surface area (Å²) < 4.78 is 0. The van der Waals surface area contributed by atoms with Crippen molar-refractivity contribution in [3.63, 3.8) is 0 Å². The van der Waals surface area contributed by atoms with E-state index in [9.17, 15) is 14.9 Å². The molecule has 1 heterocycles. The first-order chi connectivity index (χ1) is 9.41. The van der Waals surface area contributed by atoms with E-state index in [4.69, 9.17) is 11.6 Å². The molecule has 108 valence electrons. The number of nitro groups is 1. The first kappa shape index (κ1) is 14.8. The molecular formula is C14H17ClN2O3. The average molecular weight is 297 g/mol. The third kappa shape index (κ3) is 2.77. The number of nitro benzene ring substituents is 1. The number of halogens is 1. The lowest BCUT2D eigenvalue weighted by molar-refractivity contribution is -0.384. The summed E-state index contributed by atoms with van der Waals surface area (Å²) in [7, 11) is 0. The van der Waals surface area contributed by atoms with E-state index in [0.717, 1.165) is 37.1 Å². The second-order valence-corrected chi connectivity index (χ2v) is 5.57. The molecule has 1 fully saturated rings. The summed E-state index contributed by atoms with van der Waals surface area (Å²) in [4.78, 5) is 24.2. The van der Waals surface area contributed by atoms with Gasteiger partial charge in [-0.05, 0) is 44.7 Å². The van der Waals surface area contributed by atoms with Crippen LogP contribution in [0.15, 0.2) is 12.1 Å². The number of hydrogen-bond acceptors (Lipinski definition) is 4. The number of benzene rings is 1. The van der Waals surface area contributed by atoms with Crippen LogP contribution >= 0.6 is 11.6 Å². The van der Waals surface area contributed by atoms with Gasteiger partial charge in [-0.25, -0.2) is 0 Å². The van der Waals surface area contributed by atoms with Crippen LogP contribution in [0.4, 0.5) is 11.4 Å². The highest BCUT2D eigenvalue weighted by Crippen LogP contribution is 2.35. The number of aryl methyl sites for hydroxylation is 1. The summed E-state index contributed by atoms with van der Waals surface area (Å²) in [6.07, 6.45) is 2.86. The quantitative estimate of drug-likeness (QED) is 0.632. The van der Waals surface area contributed by atoms with Gasteiger partial charge in [0, 0.05) is 18.3 Å². The monoisotopic (exact) mass is 296 g/mol. The highest BCUT2D eigenvalue weighted by atomic mass is 35.5. The number of anilines is 1. The van der Waals surface area contributed by atoms with E-state index >= 15 is 0 Å². The molecule has 0 bridgehead atoms. The molecule has 1 aromatic carbocycles. The fraction of sp³-hybridized carbons (Fsp3) is 0.500. The standard InChI is InChI=1S/C14H17ClN2O3/c1-9-7-14(17(19)20)11(15)8-13(9)16-6-4-3-5-12(16)10(2)18/h7-8,12H,3-6H2,1-2H3. The van der Waals surface area contributed by atoms with E-state index in [1.165, 1.54) is 6.07 Å². The van der Waals surface area contributed by atoms with E-state index < -0.39 is 4.92 Å². The average Bonchev–Trinajstić information content (AvgIpc) is 2.40. The molecule has 1 unspecified atom stereocenters. The molecule has 0 saturated carbocycles. The zero-order valence-corrected chi connectivity index (χ0v) is 12.3. The molecule has 6 heteroatoms. The number of rotatable bonds is 3. The van der Waals surface area contributed by atoms with Crippen molar-refractivity contribution in [1.29, 1.82) is 0 Å². The molecule has 2 rings (SSSR count). The molecule has 0 radical (unpaired) electrons. The first-order valence-corrected chi connectivity index (χ1v) is 7.01. The van der Waals surface area contributed by atoms with Gasteiger partial charge < -0.3 is 4.90 Å². The van der Waals surface area contributed by atoms with Gasteiger partial charge in [0.2, 0.25) is 0 Å². The lowest BCUT2D eigenvalue weighted by Crippen LogP contribution is -2.44. The molecule has 0 aliphatic carbocycles. The van der Waals surface area contributed by atoms with Gasteiger partial charge in [0.25, 0.3) is 5.69 Å². The SMILES string of the molecule is CC(=O)C1CCCCN1c1cc(Cl)c([N+](=O)[O-])cc1C. The number of nitrogens with zero attached hydrogens (tertiary/aromatic N) is 2. The molecular weight excluding hydrogens is 280 g/mol. The van der Waals surface area contributed by atoms with E-state index in [0.29, 0.717) is 0 Å². The molecule has 5 nitrogen and oxygen atoms in total. The largest absolute Gasteiger partial charge is 0.361 e. The Bertz CT molecular complexity index is 560. The van der Waals surface area contributed by atoms with E-state index in [1.807, 2.05) is 11.8 Å². The van der Waals surface area contributed by atoms with Crippen LogP contribution in [0.25, 0.3) is 0 Å². The maximum Gasteiger partial charge on any atom is 0.288 e. The van der Waals surface area contributed by atoms with Gasteiger partial charge in [-0.15, -0.1) is 0 Å². The summed E-state index contributed by atoms with van der Waals surface area (Å²) in [5.41, 5.74) is 1.50. The second-order valence-electron chi connectivity index (χ2n) is 5.16. The summed E-state index contributed by atoms with van der Waals surface area (Å²) in [5, 5.41) is 11.0. The van der Waals surface area contributed by atoms with Gasteiger partial charge in [-0.2, -0.15) is 0 Å². The van der Waals surface area contributed by atoms with Crippen LogP contribution in [-0.4, -0.2) is 23.3 Å². The van der Waals surface area contributed by atoms with Crippen molar-refractivity contribution >= 4 is 28.8 Å². The van der Waals surface area contributed by atoms with Crippen molar-refractivity contribution in [2.24, 2.45) is 0 Å². The zero-order valence-electron chi connectivity index (χ0n) is 11.6. The molecule has 1 atom stereocenters. The molecule has 1 aliphatic rings. The Balaban J connectivity index is 2.43. The Morgan fingerprint density at radius 3 is 2.75 bits per heavy atom. The molecule has 0 N–H and O–H groups in total. The summed E-state index contributed by atoms with van der Waals surface area (Å²) in [6, 6.07) is 2.93. The third-order valence-corrected chi connectivity index (χ3v) is 4.05. The van der Waals surface area contributed by atoms with Gasteiger partial charge in [0.05, 0.1) is 11.0 Å². The van der Waals surface area contributed by atoms with Crippen molar-refractivity contribution in [2.45, 2.75) is 39.2 Å². The first-order valence-electron chi connectivity index (χ1n) is 6.63. The Kier molecular flexibility index (Phi) is 4.28. The van der Waals surface area contributed by atoms with Crippen LogP contribution < -0.4 is 4.90 Å². The predicted molar refractivity (Wildman–Crippen MR) is 78.5 cm³/mol. The number of hydrogen-bond donors (Lipinski definition) is 0. The van der Waals surface area contributed by atoms with Crippen molar-refractivity contribution in [3.05, 3.63) is 32.8 Å². The van der Waals surface area contributed by atoms with Crippen LogP contribution in [0.1, 0.15) is 31.7 Å². The van der Waals surface area contributed by atoms with Crippen molar-refractivity contribution in [3.8, 4) is 0 Å². The summed E-state index contributed by atoms with van der Waals surface area (Å²) >= 11 is 5.99. The Labute approximate surface area is 122 Å². The van der Waals surface area contributed by atoms with E-state index in [-0.39, 0.29) is 22.5 Å². The zero-order chi connectivity index (χ0) is 14.9. The molecule has 0 aromatic heterocycles. The van der Waals surface area contributed by atoms with Crippen molar-refractivity contribution in [2.75, 3.05) is 11.4 Å². The number of ketones is 1. The van der Waals surface area contributed by atoms with E-state index in [1.54, 1.807) is 13.0 Å². The topological polar surface area (TPSA) is 63.5 Å². The van der Waals surface area contributed by atoms with Gasteiger partial charge in [0.1, 0.15) is 5.02 Å². The summed E-state index contributed by atoms with van der Waals surface area (Å²) in [5.74, 6) is 0.124. The Morgan fingerprint density at radius 1 is 1.45 bits per heavy atom. The lowest BCUT2D eigenvalue weighted by atomic mass is 9.97. The van der Waals surface area contributed by atoms with Crippen LogP contribution in [0.2, 0.25) is 5.02 Å². The maximum absolute atomic E-state index is 11.8. The third-order valence-electron chi connectivity index (χ3n) is 3.74. The van der Waals surface area contributed by atoms with Crippen LogP contribution in [0, 0.1) is 17.0 Å². The minimum absolute atomic E-state index is 0.0932. The van der Waals surface area contributed by atoms with Crippen LogP contribution in [0.5, 0.6) is 0 Å². The normalized spacial score (nSPS) is 18.9. The van der Waals surface area contributed by atoms with E-state index in [2.05, 4.69) is 0 Å². The molecule has 20 heavy (non-hydrogen) atoms. The number of Topliss-reactive ketones (excluding diaryl/α,β-unsaturated/α-hetero) is 1. The number of piperidine rings is 1. The molecule has 0 spiro atoms. The second kappa shape index (κ2) is 5.79. The fourth-order valence-corrected chi connectivity index (χ4v) is 2.97. The molecule has 1 aliphatic heterocycles. The highest BCUT2D eigenvalue weighted by Gasteiger charge is 2.28. The van der Waals surface area contributed by atoms with Gasteiger partial charge in [-0.1, -0.05) is 11.6 Å². The highest BCUT2D eigenvalue weighted by molar-refractivity contribution is 6.33. The minimum Gasteiger partial charge on any atom is -0.361 e. The molecule has 0 amide bonds. The van der Waals surface area contributed by atoms with Crippen LogP contribution in [0.3, 0.4) is 0 Å². The fourth-order valence-electron chi connectivity index (χ4n) is 2.75. The predicted octanol–water partition coefficient (Wildman–Crippen LogP) is 3.50. The summed E-state index contributed by atoms with van der Waals surface area (Å²) in [6.45, 7) is 4.18.